The lowest BCUT2D eigenvalue weighted by molar-refractivity contribution is -0.118. The number of carbonyl (C=O) groups is 1. The third-order valence-electron chi connectivity index (χ3n) is 0.776. The highest BCUT2D eigenvalue weighted by atomic mass is 127. The van der Waals surface area contributed by atoms with Crippen LogP contribution in [0.25, 0.3) is 0 Å². The fraction of sp³-hybridized carbons (Fsp3) is 0.800. The van der Waals surface area contributed by atoms with Gasteiger partial charge in [0.05, 0.1) is 5.75 Å². The van der Waals surface area contributed by atoms with Crippen molar-refractivity contribution in [2.75, 3.05) is 16.7 Å². The van der Waals surface area contributed by atoms with Crippen LogP contribution < -0.4 is 5.32 Å². The number of rotatable bonds is 4. The number of alkyl halides is 1. The van der Waals surface area contributed by atoms with E-state index in [4.69, 9.17) is 0 Å². The first kappa shape index (κ1) is 9.55. The van der Waals surface area contributed by atoms with Crippen molar-refractivity contribution < 1.29 is 4.79 Å². The lowest BCUT2D eigenvalue weighted by atomic mass is 10.5. The number of amides is 1. The van der Waals surface area contributed by atoms with Crippen molar-refractivity contribution in [3.05, 3.63) is 0 Å². The number of hydrogen-bond acceptors (Lipinski definition) is 2. The van der Waals surface area contributed by atoms with Gasteiger partial charge in [0.15, 0.2) is 0 Å². The smallest absolute Gasteiger partial charge is 0.229 e. The molecule has 0 radical (unpaired) electrons. The molecule has 0 saturated heterocycles. The number of carbonyl (C=O) groups excluding carboxylic acids is 1. The second kappa shape index (κ2) is 6.67. The van der Waals surface area contributed by atoms with Gasteiger partial charge in [0.25, 0.3) is 0 Å². The lowest BCUT2D eigenvalue weighted by Crippen LogP contribution is -2.25. The number of hydrogen-bond donors (Lipinski definition) is 2. The van der Waals surface area contributed by atoms with E-state index in [0.29, 0.717) is 5.75 Å². The van der Waals surface area contributed by atoms with Crippen LogP contribution in [-0.4, -0.2) is 22.6 Å². The first-order valence-electron chi connectivity index (χ1n) is 2.74. The van der Waals surface area contributed by atoms with Gasteiger partial charge < -0.3 is 5.32 Å². The van der Waals surface area contributed by atoms with Gasteiger partial charge in [-0.1, -0.05) is 22.6 Å². The zero-order valence-corrected chi connectivity index (χ0v) is 8.11. The highest BCUT2D eigenvalue weighted by Crippen LogP contribution is 1.85. The quantitative estimate of drug-likeness (QED) is 0.333. The summed E-state index contributed by atoms with van der Waals surface area (Å²) < 4.78 is 1.09. The molecule has 0 fully saturated rings. The molecule has 0 aromatic carbocycles. The Hall–Kier alpha value is 0.550. The van der Waals surface area contributed by atoms with Crippen LogP contribution >= 0.6 is 35.2 Å². The lowest BCUT2D eigenvalue weighted by Gasteiger charge is -1.98. The van der Waals surface area contributed by atoms with Gasteiger partial charge in [-0.15, -0.1) is 0 Å². The average molecular weight is 259 g/mol. The molecule has 0 saturated carbocycles. The molecule has 54 valence electrons. The Labute approximate surface area is 74.3 Å². The zero-order valence-electron chi connectivity index (χ0n) is 5.06. The van der Waals surface area contributed by atoms with E-state index in [1.807, 2.05) is 0 Å². The maximum atomic E-state index is 10.5. The average Bonchev–Trinajstić information content (AvgIpc) is 1.89. The molecule has 0 unspecified atom stereocenters. The Balaban J connectivity index is 2.97. The largest absolute Gasteiger partial charge is 0.355 e. The molecule has 4 heteroatoms. The first-order valence-corrected chi connectivity index (χ1v) is 4.90. The van der Waals surface area contributed by atoms with Crippen LogP contribution in [0.1, 0.15) is 6.42 Å². The van der Waals surface area contributed by atoms with Gasteiger partial charge >= 0.3 is 0 Å². The van der Waals surface area contributed by atoms with Crippen molar-refractivity contribution in [2.24, 2.45) is 0 Å². The summed E-state index contributed by atoms with van der Waals surface area (Å²) in [7, 11) is 0. The fourth-order valence-corrected chi connectivity index (χ4v) is 0.844. The molecular weight excluding hydrogens is 249 g/mol. The molecule has 0 bridgehead atoms. The van der Waals surface area contributed by atoms with Crippen molar-refractivity contribution in [2.45, 2.75) is 6.42 Å². The summed E-state index contributed by atoms with van der Waals surface area (Å²) in [6, 6.07) is 0. The molecule has 0 aromatic heterocycles. The van der Waals surface area contributed by atoms with Gasteiger partial charge in [-0.25, -0.2) is 0 Å². The van der Waals surface area contributed by atoms with E-state index >= 15 is 0 Å². The van der Waals surface area contributed by atoms with E-state index in [1.54, 1.807) is 0 Å². The van der Waals surface area contributed by atoms with E-state index < -0.39 is 0 Å². The molecule has 1 amide bonds. The number of halogens is 1. The van der Waals surface area contributed by atoms with Gasteiger partial charge in [-0.3, -0.25) is 4.79 Å². The van der Waals surface area contributed by atoms with Gasteiger partial charge in [-0.2, -0.15) is 12.6 Å². The van der Waals surface area contributed by atoms with E-state index in [-0.39, 0.29) is 5.91 Å². The summed E-state index contributed by atoms with van der Waals surface area (Å²) >= 11 is 6.08. The molecule has 0 rings (SSSR count). The molecule has 0 aliphatic rings. The Bertz CT molecular complexity index is 89.0. The summed E-state index contributed by atoms with van der Waals surface area (Å²) in [5.74, 6) is 0.310. The summed E-state index contributed by atoms with van der Waals surface area (Å²) in [5.41, 5.74) is 0. The minimum absolute atomic E-state index is 0.0168. The van der Waals surface area contributed by atoms with Crippen LogP contribution in [0.4, 0.5) is 0 Å². The molecule has 0 heterocycles. The Kier molecular flexibility index (Phi) is 7.07. The van der Waals surface area contributed by atoms with Gasteiger partial charge in [0, 0.05) is 11.0 Å². The van der Waals surface area contributed by atoms with Gasteiger partial charge in [0.1, 0.15) is 0 Å². The normalized spacial score (nSPS) is 9.11. The Morgan fingerprint density at radius 3 is 2.78 bits per heavy atom. The van der Waals surface area contributed by atoms with Crippen molar-refractivity contribution in [3.8, 4) is 0 Å². The topological polar surface area (TPSA) is 29.1 Å². The molecule has 0 aliphatic carbocycles. The van der Waals surface area contributed by atoms with Crippen molar-refractivity contribution in [1.82, 2.24) is 5.32 Å². The zero-order chi connectivity index (χ0) is 7.11. The maximum Gasteiger partial charge on any atom is 0.229 e. The van der Waals surface area contributed by atoms with Crippen molar-refractivity contribution >= 4 is 41.1 Å². The summed E-state index contributed by atoms with van der Waals surface area (Å²) in [5, 5.41) is 2.71. The van der Waals surface area contributed by atoms with E-state index in [9.17, 15) is 4.79 Å². The van der Waals surface area contributed by atoms with Crippen LogP contribution in [0, 0.1) is 0 Å². The van der Waals surface area contributed by atoms with Crippen LogP contribution in [0.5, 0.6) is 0 Å². The Morgan fingerprint density at radius 1 is 1.67 bits per heavy atom. The highest BCUT2D eigenvalue weighted by molar-refractivity contribution is 14.1. The fourth-order valence-electron chi connectivity index (χ4n) is 0.351. The minimum atomic E-state index is 0.0168. The van der Waals surface area contributed by atoms with Gasteiger partial charge in [0.2, 0.25) is 5.91 Å². The molecule has 0 atom stereocenters. The molecule has 0 spiro atoms. The van der Waals surface area contributed by atoms with Crippen LogP contribution in [-0.2, 0) is 4.79 Å². The summed E-state index contributed by atoms with van der Waals surface area (Å²) in [6.07, 6.45) is 1.04. The maximum absolute atomic E-state index is 10.5. The predicted molar refractivity (Wildman–Crippen MR) is 50.4 cm³/mol. The number of nitrogens with one attached hydrogen (secondary N) is 1. The summed E-state index contributed by atoms with van der Waals surface area (Å²) in [6.45, 7) is 0.780. The van der Waals surface area contributed by atoms with E-state index in [0.717, 1.165) is 17.4 Å². The van der Waals surface area contributed by atoms with E-state index in [2.05, 4.69) is 40.5 Å². The monoisotopic (exact) mass is 259 g/mol. The molecular formula is C5H10INOS. The Morgan fingerprint density at radius 2 is 2.33 bits per heavy atom. The van der Waals surface area contributed by atoms with Crippen LogP contribution in [0.3, 0.4) is 0 Å². The molecule has 0 aliphatic heterocycles. The second-order valence-corrected chi connectivity index (χ2v) is 2.95. The summed E-state index contributed by atoms with van der Waals surface area (Å²) in [4.78, 5) is 10.5. The molecule has 0 aromatic rings. The van der Waals surface area contributed by atoms with Gasteiger partial charge in [-0.05, 0) is 6.42 Å². The third-order valence-corrected chi connectivity index (χ3v) is 1.83. The molecule has 9 heavy (non-hydrogen) atoms. The molecule has 1 N–H and O–H groups in total. The first-order chi connectivity index (χ1) is 4.31. The molecule has 2 nitrogen and oxygen atoms in total. The second-order valence-electron chi connectivity index (χ2n) is 1.55. The highest BCUT2D eigenvalue weighted by Gasteiger charge is 1.92. The van der Waals surface area contributed by atoms with E-state index in [1.165, 1.54) is 0 Å². The third kappa shape index (κ3) is 6.44. The van der Waals surface area contributed by atoms with Crippen LogP contribution in [0.15, 0.2) is 0 Å². The predicted octanol–water partition coefficient (Wildman–Crippen LogP) is 0.858. The van der Waals surface area contributed by atoms with Crippen molar-refractivity contribution in [1.29, 1.82) is 0 Å². The SMILES string of the molecule is O=C(CS)NCCCI. The number of thiol groups is 1. The van der Waals surface area contributed by atoms with Crippen LogP contribution in [0.2, 0.25) is 0 Å². The standard InChI is InChI=1S/C5H10INOS/c6-2-1-3-7-5(8)4-9/h9H,1-4H2,(H,7,8). The van der Waals surface area contributed by atoms with Crippen molar-refractivity contribution in [3.63, 3.8) is 0 Å². The minimum Gasteiger partial charge on any atom is -0.355 e.